The second-order valence-corrected chi connectivity index (χ2v) is 6.11. The molecule has 1 N–H and O–H groups in total. The van der Waals surface area contributed by atoms with Crippen LogP contribution in [0.2, 0.25) is 0 Å². The van der Waals surface area contributed by atoms with Gasteiger partial charge in [-0.05, 0) is 58.0 Å². The summed E-state index contributed by atoms with van der Waals surface area (Å²) in [4.78, 5) is 23.0. The monoisotopic (exact) mass is 338 g/mol. The van der Waals surface area contributed by atoms with E-state index in [-0.39, 0.29) is 11.7 Å². The third-order valence-electron chi connectivity index (χ3n) is 4.05. The Morgan fingerprint density at radius 3 is 2.56 bits per heavy atom. The van der Waals surface area contributed by atoms with Gasteiger partial charge in [-0.3, -0.25) is 4.79 Å². The number of rotatable bonds is 5. The predicted octanol–water partition coefficient (Wildman–Crippen LogP) is 2.92. The van der Waals surface area contributed by atoms with Crippen molar-refractivity contribution in [2.45, 2.75) is 33.7 Å². The fourth-order valence-corrected chi connectivity index (χ4v) is 2.77. The highest BCUT2D eigenvalue weighted by Gasteiger charge is 2.15. The lowest BCUT2D eigenvalue weighted by Crippen LogP contribution is -2.30. The fourth-order valence-electron chi connectivity index (χ4n) is 2.77. The summed E-state index contributed by atoms with van der Waals surface area (Å²) in [7, 11) is 0. The molecule has 0 unspecified atom stereocenters. The quantitative estimate of drug-likeness (QED) is 0.774. The van der Waals surface area contributed by atoms with E-state index < -0.39 is 0 Å². The molecule has 0 aliphatic rings. The molecule has 2 aromatic heterocycles. The van der Waals surface area contributed by atoms with Gasteiger partial charge in [-0.1, -0.05) is 0 Å². The maximum Gasteiger partial charge on any atom is 0.295 e. The van der Waals surface area contributed by atoms with Crippen LogP contribution in [0.1, 0.15) is 37.1 Å². The van der Waals surface area contributed by atoms with Crippen LogP contribution in [0.25, 0.3) is 5.78 Å². The molecule has 0 spiro atoms. The number of carbonyl (C=O) groups excluding carboxylic acids is 1. The number of benzene rings is 1. The van der Waals surface area contributed by atoms with Crippen LogP contribution in [0.5, 0.6) is 0 Å². The lowest BCUT2D eigenvalue weighted by Gasteiger charge is -2.27. The topological polar surface area (TPSA) is 75.4 Å². The number of nitrogens with zero attached hydrogens (tertiary/aromatic N) is 5. The van der Waals surface area contributed by atoms with Crippen molar-refractivity contribution >= 4 is 23.1 Å². The van der Waals surface area contributed by atoms with Crippen LogP contribution in [-0.2, 0) is 0 Å². The summed E-state index contributed by atoms with van der Waals surface area (Å²) in [5, 5.41) is 7.04. The minimum atomic E-state index is -0.353. The molecule has 1 amide bonds. The molecule has 7 nitrogen and oxygen atoms in total. The summed E-state index contributed by atoms with van der Waals surface area (Å²) in [6.45, 7) is 9.26. The first-order valence-electron chi connectivity index (χ1n) is 8.36. The van der Waals surface area contributed by atoms with Crippen molar-refractivity contribution < 1.29 is 4.79 Å². The highest BCUT2D eigenvalue weighted by molar-refractivity contribution is 6.01. The lowest BCUT2D eigenvalue weighted by atomic mass is 10.2. The zero-order valence-electron chi connectivity index (χ0n) is 14.9. The number of nitrogens with one attached hydrogen (secondary N) is 1. The van der Waals surface area contributed by atoms with Crippen molar-refractivity contribution in [3.8, 4) is 0 Å². The lowest BCUT2D eigenvalue weighted by molar-refractivity contribution is 0.101. The normalized spacial score (nSPS) is 11.1. The molecule has 0 saturated carbocycles. The number of hydrogen-bond donors (Lipinski definition) is 1. The molecule has 0 fully saturated rings. The second-order valence-electron chi connectivity index (χ2n) is 6.11. The molecule has 0 atom stereocenters. The number of hydrogen-bond acceptors (Lipinski definition) is 5. The minimum Gasteiger partial charge on any atom is -0.369 e. The predicted molar refractivity (Wildman–Crippen MR) is 98.1 cm³/mol. The Hall–Kier alpha value is -2.96. The molecular formula is C18H22N6O. The van der Waals surface area contributed by atoms with Gasteiger partial charge in [-0.25, -0.2) is 9.50 Å². The van der Waals surface area contributed by atoms with E-state index in [4.69, 9.17) is 0 Å². The van der Waals surface area contributed by atoms with E-state index in [1.54, 1.807) is 10.7 Å². The van der Waals surface area contributed by atoms with Crippen LogP contribution in [-0.4, -0.2) is 38.1 Å². The highest BCUT2D eigenvalue weighted by Crippen LogP contribution is 2.20. The Balaban J connectivity index is 1.77. The first-order chi connectivity index (χ1) is 12.0. The van der Waals surface area contributed by atoms with Crippen LogP contribution in [0, 0.1) is 6.92 Å². The summed E-state index contributed by atoms with van der Waals surface area (Å²) in [5.74, 6) is 0.160. The van der Waals surface area contributed by atoms with E-state index in [1.807, 2.05) is 37.3 Å². The molecule has 130 valence electrons. The highest BCUT2D eigenvalue weighted by atomic mass is 16.2. The standard InChI is InChI=1S/C18H22N6O/c1-5-23(12(2)3)15-8-6-14(7-9-15)20-17(25)16-21-18-19-11-10-13(4)24(18)22-16/h6-12H,5H2,1-4H3,(H,20,25). The molecule has 0 bridgehead atoms. The number of anilines is 2. The Kier molecular flexibility index (Phi) is 4.65. The summed E-state index contributed by atoms with van der Waals surface area (Å²) in [6.07, 6.45) is 1.65. The average Bonchev–Trinajstić information content (AvgIpc) is 3.02. The van der Waals surface area contributed by atoms with Crippen LogP contribution >= 0.6 is 0 Å². The molecule has 0 saturated heterocycles. The number of amides is 1. The van der Waals surface area contributed by atoms with E-state index in [9.17, 15) is 4.79 Å². The zero-order chi connectivity index (χ0) is 18.0. The van der Waals surface area contributed by atoms with Crippen molar-refractivity contribution in [2.24, 2.45) is 0 Å². The van der Waals surface area contributed by atoms with Gasteiger partial charge in [0, 0.05) is 35.9 Å². The minimum absolute atomic E-state index is 0.100. The molecule has 0 aliphatic heterocycles. The Bertz CT molecular complexity index is 884. The van der Waals surface area contributed by atoms with Gasteiger partial charge in [0.15, 0.2) is 0 Å². The molecule has 2 heterocycles. The molecule has 1 aromatic carbocycles. The van der Waals surface area contributed by atoms with Gasteiger partial charge in [0.1, 0.15) is 0 Å². The van der Waals surface area contributed by atoms with Gasteiger partial charge in [0.25, 0.3) is 11.7 Å². The smallest absolute Gasteiger partial charge is 0.295 e. The van der Waals surface area contributed by atoms with E-state index in [0.29, 0.717) is 17.5 Å². The van der Waals surface area contributed by atoms with Crippen LogP contribution in [0.3, 0.4) is 0 Å². The molecule has 7 heteroatoms. The van der Waals surface area contributed by atoms with Crippen LogP contribution in [0.15, 0.2) is 36.5 Å². The summed E-state index contributed by atoms with van der Waals surface area (Å²) in [6, 6.07) is 10.0. The third kappa shape index (κ3) is 3.45. The van der Waals surface area contributed by atoms with Crippen molar-refractivity contribution in [2.75, 3.05) is 16.8 Å². The summed E-state index contributed by atoms with van der Waals surface area (Å²) < 4.78 is 1.56. The number of aryl methyl sites for hydroxylation is 1. The first kappa shape index (κ1) is 16.9. The Labute approximate surface area is 146 Å². The number of aromatic nitrogens is 4. The van der Waals surface area contributed by atoms with Gasteiger partial charge in [-0.2, -0.15) is 4.98 Å². The van der Waals surface area contributed by atoms with Gasteiger partial charge in [0.05, 0.1) is 0 Å². The molecule has 0 radical (unpaired) electrons. The van der Waals surface area contributed by atoms with E-state index in [0.717, 1.165) is 17.9 Å². The summed E-state index contributed by atoms with van der Waals surface area (Å²) in [5.41, 5.74) is 2.70. The van der Waals surface area contributed by atoms with E-state index in [2.05, 4.69) is 46.1 Å². The third-order valence-corrected chi connectivity index (χ3v) is 4.05. The van der Waals surface area contributed by atoms with Crippen molar-refractivity contribution in [1.82, 2.24) is 19.6 Å². The summed E-state index contributed by atoms with van der Waals surface area (Å²) >= 11 is 0. The second kappa shape index (κ2) is 6.88. The van der Waals surface area contributed by atoms with Crippen molar-refractivity contribution in [3.05, 3.63) is 48.0 Å². The Morgan fingerprint density at radius 1 is 1.24 bits per heavy atom. The fraction of sp³-hybridized carbons (Fsp3) is 0.333. The maximum atomic E-state index is 12.4. The van der Waals surface area contributed by atoms with Gasteiger partial charge in [0.2, 0.25) is 5.82 Å². The molecule has 3 aromatic rings. The van der Waals surface area contributed by atoms with Crippen molar-refractivity contribution in [3.63, 3.8) is 0 Å². The van der Waals surface area contributed by atoms with Crippen LogP contribution in [0.4, 0.5) is 11.4 Å². The van der Waals surface area contributed by atoms with E-state index in [1.165, 1.54) is 0 Å². The SMILES string of the molecule is CCN(c1ccc(NC(=O)c2nc3nccc(C)n3n2)cc1)C(C)C. The largest absolute Gasteiger partial charge is 0.369 e. The van der Waals surface area contributed by atoms with Gasteiger partial charge >= 0.3 is 0 Å². The molecule has 3 rings (SSSR count). The maximum absolute atomic E-state index is 12.4. The zero-order valence-corrected chi connectivity index (χ0v) is 14.9. The molecular weight excluding hydrogens is 316 g/mol. The van der Waals surface area contributed by atoms with Crippen LogP contribution < -0.4 is 10.2 Å². The van der Waals surface area contributed by atoms with E-state index >= 15 is 0 Å². The average molecular weight is 338 g/mol. The van der Waals surface area contributed by atoms with Crippen molar-refractivity contribution in [1.29, 1.82) is 0 Å². The Morgan fingerprint density at radius 2 is 1.96 bits per heavy atom. The van der Waals surface area contributed by atoms with Gasteiger partial charge < -0.3 is 10.2 Å². The number of fused-ring (bicyclic) bond motifs is 1. The van der Waals surface area contributed by atoms with Gasteiger partial charge in [-0.15, -0.1) is 5.10 Å². The number of carbonyl (C=O) groups is 1. The molecule has 0 aliphatic carbocycles. The molecule has 25 heavy (non-hydrogen) atoms. The first-order valence-corrected chi connectivity index (χ1v) is 8.36.